The zero-order valence-electron chi connectivity index (χ0n) is 11.5. The van der Waals surface area contributed by atoms with E-state index in [1.807, 2.05) is 12.3 Å². The molecule has 0 aliphatic carbocycles. The van der Waals surface area contributed by atoms with Crippen LogP contribution in [-0.4, -0.2) is 18.1 Å². The number of fused-ring (bicyclic) bond motifs is 1. The van der Waals surface area contributed by atoms with Crippen molar-refractivity contribution >= 4 is 10.9 Å². The van der Waals surface area contributed by atoms with Gasteiger partial charge in [0.25, 0.3) is 0 Å². The van der Waals surface area contributed by atoms with E-state index in [-0.39, 0.29) is 5.41 Å². The van der Waals surface area contributed by atoms with Gasteiger partial charge in [-0.1, -0.05) is 39.0 Å². The Morgan fingerprint density at radius 1 is 1.22 bits per heavy atom. The molecule has 1 N–H and O–H groups in total. The maximum atomic E-state index is 4.44. The molecular weight excluding hydrogens is 220 g/mol. The van der Waals surface area contributed by atoms with E-state index in [2.05, 4.69) is 55.3 Å². The SMILES string of the molecule is CCNCCC(C)(C)c1ccc2cccnc2c1. The van der Waals surface area contributed by atoms with Crippen molar-refractivity contribution in [3.63, 3.8) is 0 Å². The monoisotopic (exact) mass is 242 g/mol. The fourth-order valence-electron chi connectivity index (χ4n) is 2.21. The zero-order valence-corrected chi connectivity index (χ0v) is 11.5. The Kier molecular flexibility index (Phi) is 3.97. The van der Waals surface area contributed by atoms with Gasteiger partial charge in [0.15, 0.2) is 0 Å². The summed E-state index contributed by atoms with van der Waals surface area (Å²) >= 11 is 0. The third-order valence-corrected chi connectivity index (χ3v) is 3.56. The predicted octanol–water partition coefficient (Wildman–Crippen LogP) is 3.51. The highest BCUT2D eigenvalue weighted by Gasteiger charge is 2.20. The lowest BCUT2D eigenvalue weighted by Crippen LogP contribution is -2.25. The van der Waals surface area contributed by atoms with Crippen LogP contribution in [0.1, 0.15) is 32.8 Å². The number of hydrogen-bond donors (Lipinski definition) is 1. The smallest absolute Gasteiger partial charge is 0.0704 e. The first-order valence-corrected chi connectivity index (χ1v) is 6.69. The molecule has 0 aliphatic rings. The summed E-state index contributed by atoms with van der Waals surface area (Å²) in [6, 6.07) is 10.7. The Hall–Kier alpha value is -1.41. The van der Waals surface area contributed by atoms with E-state index < -0.39 is 0 Å². The highest BCUT2D eigenvalue weighted by molar-refractivity contribution is 5.79. The van der Waals surface area contributed by atoms with Crippen molar-refractivity contribution in [1.82, 2.24) is 10.3 Å². The second-order valence-electron chi connectivity index (χ2n) is 5.40. The average molecular weight is 242 g/mol. The van der Waals surface area contributed by atoms with Crippen LogP contribution in [0.4, 0.5) is 0 Å². The number of pyridine rings is 1. The Balaban J connectivity index is 2.23. The van der Waals surface area contributed by atoms with Gasteiger partial charge in [-0.25, -0.2) is 0 Å². The van der Waals surface area contributed by atoms with Crippen molar-refractivity contribution in [1.29, 1.82) is 0 Å². The largest absolute Gasteiger partial charge is 0.317 e. The number of rotatable bonds is 5. The van der Waals surface area contributed by atoms with Gasteiger partial charge >= 0.3 is 0 Å². The molecule has 0 amide bonds. The summed E-state index contributed by atoms with van der Waals surface area (Å²) in [5.41, 5.74) is 2.64. The van der Waals surface area contributed by atoms with E-state index >= 15 is 0 Å². The molecule has 0 fully saturated rings. The Morgan fingerprint density at radius 3 is 2.83 bits per heavy atom. The molecule has 0 bridgehead atoms. The number of nitrogens with one attached hydrogen (secondary N) is 1. The number of hydrogen-bond acceptors (Lipinski definition) is 2. The molecule has 2 aromatic rings. The van der Waals surface area contributed by atoms with E-state index in [1.165, 1.54) is 10.9 Å². The van der Waals surface area contributed by atoms with Gasteiger partial charge in [-0.2, -0.15) is 0 Å². The lowest BCUT2D eigenvalue weighted by molar-refractivity contribution is 0.461. The molecule has 1 aromatic carbocycles. The third kappa shape index (κ3) is 2.88. The van der Waals surface area contributed by atoms with Crippen molar-refractivity contribution in [2.75, 3.05) is 13.1 Å². The topological polar surface area (TPSA) is 24.9 Å². The maximum absolute atomic E-state index is 4.44. The lowest BCUT2D eigenvalue weighted by atomic mass is 9.81. The Morgan fingerprint density at radius 2 is 2.06 bits per heavy atom. The molecule has 0 atom stereocenters. The van der Waals surface area contributed by atoms with Gasteiger partial charge in [-0.3, -0.25) is 4.98 Å². The molecule has 2 rings (SSSR count). The third-order valence-electron chi connectivity index (χ3n) is 3.56. The molecule has 2 nitrogen and oxygen atoms in total. The molecule has 0 radical (unpaired) electrons. The minimum Gasteiger partial charge on any atom is -0.317 e. The van der Waals surface area contributed by atoms with Crippen molar-refractivity contribution < 1.29 is 0 Å². The molecule has 18 heavy (non-hydrogen) atoms. The summed E-state index contributed by atoms with van der Waals surface area (Å²) in [6.45, 7) is 8.84. The predicted molar refractivity (Wildman–Crippen MR) is 77.9 cm³/mol. The summed E-state index contributed by atoms with van der Waals surface area (Å²) in [6.07, 6.45) is 3.00. The molecule has 0 spiro atoms. The van der Waals surface area contributed by atoms with Crippen LogP contribution in [0.3, 0.4) is 0 Å². The van der Waals surface area contributed by atoms with E-state index in [0.29, 0.717) is 0 Å². The molecule has 2 heteroatoms. The van der Waals surface area contributed by atoms with Gasteiger partial charge in [0.05, 0.1) is 5.52 Å². The minimum atomic E-state index is 0.188. The van der Waals surface area contributed by atoms with Crippen molar-refractivity contribution in [2.24, 2.45) is 0 Å². The van der Waals surface area contributed by atoms with E-state index in [0.717, 1.165) is 25.0 Å². The molecule has 0 saturated carbocycles. The number of benzene rings is 1. The molecule has 0 aliphatic heterocycles. The van der Waals surface area contributed by atoms with Crippen LogP contribution in [0, 0.1) is 0 Å². The standard InChI is InChI=1S/C16H22N2/c1-4-17-11-9-16(2,3)14-8-7-13-6-5-10-18-15(13)12-14/h5-8,10,12,17H,4,9,11H2,1-3H3. The van der Waals surface area contributed by atoms with E-state index in [9.17, 15) is 0 Å². The zero-order chi connectivity index (χ0) is 13.0. The Bertz CT molecular complexity index is 517. The molecule has 0 unspecified atom stereocenters. The van der Waals surface area contributed by atoms with Crippen LogP contribution in [0.2, 0.25) is 0 Å². The summed E-state index contributed by atoms with van der Waals surface area (Å²) in [4.78, 5) is 4.44. The first-order valence-electron chi connectivity index (χ1n) is 6.69. The molecule has 96 valence electrons. The van der Waals surface area contributed by atoms with Gasteiger partial charge in [-0.15, -0.1) is 0 Å². The summed E-state index contributed by atoms with van der Waals surface area (Å²) in [5.74, 6) is 0. The first kappa shape index (κ1) is 13.0. The van der Waals surface area contributed by atoms with Crippen molar-refractivity contribution in [3.8, 4) is 0 Å². The fourth-order valence-corrected chi connectivity index (χ4v) is 2.21. The lowest BCUT2D eigenvalue weighted by Gasteiger charge is -2.25. The molecule has 1 aromatic heterocycles. The fraction of sp³-hybridized carbons (Fsp3) is 0.438. The highest BCUT2D eigenvalue weighted by Crippen LogP contribution is 2.28. The molecule has 0 saturated heterocycles. The average Bonchev–Trinajstić information content (AvgIpc) is 2.38. The summed E-state index contributed by atoms with van der Waals surface area (Å²) in [7, 11) is 0. The van der Waals surface area contributed by atoms with Gasteiger partial charge in [0, 0.05) is 11.6 Å². The van der Waals surface area contributed by atoms with Crippen LogP contribution in [0.5, 0.6) is 0 Å². The van der Waals surface area contributed by atoms with Crippen LogP contribution in [0.25, 0.3) is 10.9 Å². The molecular formula is C16H22N2. The minimum absolute atomic E-state index is 0.188. The van der Waals surface area contributed by atoms with Gasteiger partial charge in [0.2, 0.25) is 0 Å². The van der Waals surface area contributed by atoms with Crippen molar-refractivity contribution in [3.05, 3.63) is 42.1 Å². The van der Waals surface area contributed by atoms with Gasteiger partial charge < -0.3 is 5.32 Å². The quantitative estimate of drug-likeness (QED) is 0.812. The van der Waals surface area contributed by atoms with Crippen LogP contribution in [-0.2, 0) is 5.41 Å². The first-order chi connectivity index (χ1) is 8.63. The van der Waals surface area contributed by atoms with Crippen molar-refractivity contribution in [2.45, 2.75) is 32.6 Å². The van der Waals surface area contributed by atoms with Gasteiger partial charge in [0.1, 0.15) is 0 Å². The highest BCUT2D eigenvalue weighted by atomic mass is 14.8. The number of aromatic nitrogens is 1. The summed E-state index contributed by atoms with van der Waals surface area (Å²) in [5, 5.41) is 4.61. The van der Waals surface area contributed by atoms with Gasteiger partial charge in [-0.05, 0) is 42.6 Å². The number of nitrogens with zero attached hydrogens (tertiary/aromatic N) is 1. The maximum Gasteiger partial charge on any atom is 0.0704 e. The van der Waals surface area contributed by atoms with E-state index in [4.69, 9.17) is 0 Å². The van der Waals surface area contributed by atoms with E-state index in [1.54, 1.807) is 0 Å². The molecule has 1 heterocycles. The van der Waals surface area contributed by atoms with Crippen LogP contribution < -0.4 is 5.32 Å². The Labute approximate surface area is 109 Å². The van der Waals surface area contributed by atoms with Crippen LogP contribution >= 0.6 is 0 Å². The second-order valence-corrected chi connectivity index (χ2v) is 5.40. The second kappa shape index (κ2) is 5.49. The summed E-state index contributed by atoms with van der Waals surface area (Å²) < 4.78 is 0. The van der Waals surface area contributed by atoms with Crippen LogP contribution in [0.15, 0.2) is 36.5 Å². The normalized spacial score (nSPS) is 11.9.